The summed E-state index contributed by atoms with van der Waals surface area (Å²) in [5.41, 5.74) is 1.79. The van der Waals surface area contributed by atoms with Gasteiger partial charge in [0, 0.05) is 13.0 Å². The largest absolute Gasteiger partial charge is 0.325 e. The predicted molar refractivity (Wildman–Crippen MR) is 76.4 cm³/mol. The van der Waals surface area contributed by atoms with Crippen LogP contribution < -0.4 is 5.32 Å². The number of urea groups is 1. The molecular formula is C16H20N2O2. The highest BCUT2D eigenvalue weighted by Crippen LogP contribution is 2.33. The number of hydrogen-bond acceptors (Lipinski definition) is 2. The van der Waals surface area contributed by atoms with Crippen molar-refractivity contribution in [3.63, 3.8) is 0 Å². The van der Waals surface area contributed by atoms with Gasteiger partial charge in [0.2, 0.25) is 0 Å². The van der Waals surface area contributed by atoms with Crippen LogP contribution in [0.25, 0.3) is 0 Å². The van der Waals surface area contributed by atoms with Crippen molar-refractivity contribution in [2.45, 2.75) is 44.6 Å². The average Bonchev–Trinajstić information content (AvgIpc) is 2.68. The Morgan fingerprint density at radius 2 is 2.00 bits per heavy atom. The average molecular weight is 272 g/mol. The first kappa shape index (κ1) is 13.2. The number of amides is 3. The lowest BCUT2D eigenvalue weighted by Crippen LogP contribution is -2.51. The summed E-state index contributed by atoms with van der Waals surface area (Å²) >= 11 is 0. The molecule has 1 aliphatic heterocycles. The standard InChI is InChI=1S/C16H20N2O2/c1-2-3-10-18-14(19)16(17-15(18)20)9-8-12-6-4-5-7-13(12)11-16/h4-7H,2-3,8-11H2,1H3,(H,17,20). The molecule has 1 N–H and O–H groups in total. The molecule has 2 aliphatic rings. The SMILES string of the molecule is CCCCN1C(=O)NC2(CCc3ccccc3C2)C1=O. The number of hydrogen-bond donors (Lipinski definition) is 1. The second kappa shape index (κ2) is 4.93. The predicted octanol–water partition coefficient (Wildman–Crippen LogP) is 2.27. The molecule has 4 nitrogen and oxygen atoms in total. The molecule has 0 radical (unpaired) electrons. The molecule has 1 heterocycles. The number of unbranched alkanes of at least 4 members (excludes halogenated alkanes) is 1. The van der Waals surface area contributed by atoms with E-state index in [9.17, 15) is 9.59 Å². The molecule has 1 atom stereocenters. The Morgan fingerprint density at radius 1 is 1.25 bits per heavy atom. The van der Waals surface area contributed by atoms with E-state index < -0.39 is 5.54 Å². The molecule has 4 heteroatoms. The van der Waals surface area contributed by atoms with Gasteiger partial charge in [-0.2, -0.15) is 0 Å². The second-order valence-corrected chi connectivity index (χ2v) is 5.77. The van der Waals surface area contributed by atoms with Gasteiger partial charge < -0.3 is 5.32 Å². The van der Waals surface area contributed by atoms with Gasteiger partial charge in [-0.05, 0) is 30.4 Å². The third-order valence-electron chi connectivity index (χ3n) is 4.41. The van der Waals surface area contributed by atoms with Crippen LogP contribution in [-0.2, 0) is 17.6 Å². The summed E-state index contributed by atoms with van der Waals surface area (Å²) in [5, 5.41) is 2.96. The number of aryl methyl sites for hydroxylation is 1. The summed E-state index contributed by atoms with van der Waals surface area (Å²) in [5.74, 6) is -0.0366. The number of benzene rings is 1. The van der Waals surface area contributed by atoms with Crippen molar-refractivity contribution in [3.8, 4) is 0 Å². The highest BCUT2D eigenvalue weighted by Gasteiger charge is 2.51. The fourth-order valence-electron chi connectivity index (χ4n) is 3.22. The topological polar surface area (TPSA) is 49.4 Å². The monoisotopic (exact) mass is 272 g/mol. The number of nitrogens with zero attached hydrogens (tertiary/aromatic N) is 1. The van der Waals surface area contributed by atoms with E-state index in [1.54, 1.807) is 0 Å². The smallest absolute Gasteiger partial charge is 0.323 e. The van der Waals surface area contributed by atoms with Crippen LogP contribution in [0.4, 0.5) is 4.79 Å². The Bertz CT molecular complexity index is 555. The first-order chi connectivity index (χ1) is 9.66. The molecule has 3 rings (SSSR count). The van der Waals surface area contributed by atoms with Crippen molar-refractivity contribution in [2.75, 3.05) is 6.54 Å². The highest BCUT2D eigenvalue weighted by atomic mass is 16.2. The van der Waals surface area contributed by atoms with Gasteiger partial charge in [0.25, 0.3) is 5.91 Å². The molecule has 1 aromatic rings. The first-order valence-corrected chi connectivity index (χ1v) is 7.37. The number of fused-ring (bicyclic) bond motifs is 1. The summed E-state index contributed by atoms with van der Waals surface area (Å²) in [7, 11) is 0. The van der Waals surface area contributed by atoms with Crippen LogP contribution in [-0.4, -0.2) is 28.9 Å². The van der Waals surface area contributed by atoms with Gasteiger partial charge in [0.05, 0.1) is 0 Å². The highest BCUT2D eigenvalue weighted by molar-refractivity contribution is 6.07. The molecule has 0 aromatic heterocycles. The van der Waals surface area contributed by atoms with E-state index >= 15 is 0 Å². The number of carbonyl (C=O) groups is 2. The first-order valence-electron chi connectivity index (χ1n) is 7.37. The third-order valence-corrected chi connectivity index (χ3v) is 4.41. The van der Waals surface area contributed by atoms with Gasteiger partial charge in [-0.25, -0.2) is 4.79 Å². The lowest BCUT2D eigenvalue weighted by atomic mass is 9.78. The van der Waals surface area contributed by atoms with Crippen LogP contribution >= 0.6 is 0 Å². The molecule has 0 saturated carbocycles. The van der Waals surface area contributed by atoms with E-state index in [2.05, 4.69) is 24.4 Å². The fourth-order valence-corrected chi connectivity index (χ4v) is 3.22. The van der Waals surface area contributed by atoms with Crippen LogP contribution in [0.15, 0.2) is 24.3 Å². The van der Waals surface area contributed by atoms with E-state index in [-0.39, 0.29) is 11.9 Å². The Morgan fingerprint density at radius 3 is 2.75 bits per heavy atom. The van der Waals surface area contributed by atoms with Crippen LogP contribution in [0, 0.1) is 0 Å². The summed E-state index contributed by atoms with van der Waals surface area (Å²) in [6.45, 7) is 2.59. The minimum Gasteiger partial charge on any atom is -0.323 e. The molecule has 1 saturated heterocycles. The molecule has 106 valence electrons. The number of nitrogens with one attached hydrogen (secondary N) is 1. The van der Waals surface area contributed by atoms with E-state index in [1.807, 2.05) is 12.1 Å². The zero-order chi connectivity index (χ0) is 14.2. The van der Waals surface area contributed by atoms with Gasteiger partial charge in [-0.3, -0.25) is 9.69 Å². The van der Waals surface area contributed by atoms with Crippen LogP contribution in [0.5, 0.6) is 0 Å². The Balaban J connectivity index is 1.85. The van der Waals surface area contributed by atoms with Crippen molar-refractivity contribution < 1.29 is 9.59 Å². The van der Waals surface area contributed by atoms with Gasteiger partial charge in [0.1, 0.15) is 5.54 Å². The maximum Gasteiger partial charge on any atom is 0.325 e. The maximum absolute atomic E-state index is 12.7. The van der Waals surface area contributed by atoms with Gasteiger partial charge in [-0.15, -0.1) is 0 Å². The molecule has 3 amide bonds. The molecule has 1 aromatic carbocycles. The molecular weight excluding hydrogens is 252 g/mol. The van der Waals surface area contributed by atoms with Crippen molar-refractivity contribution in [1.29, 1.82) is 0 Å². The van der Waals surface area contributed by atoms with E-state index in [1.165, 1.54) is 16.0 Å². The Kier molecular flexibility index (Phi) is 3.24. The van der Waals surface area contributed by atoms with Crippen molar-refractivity contribution in [1.82, 2.24) is 10.2 Å². The lowest BCUT2D eigenvalue weighted by molar-refractivity contribution is -0.131. The zero-order valence-electron chi connectivity index (χ0n) is 11.8. The normalized spacial score (nSPS) is 24.9. The number of rotatable bonds is 3. The number of imide groups is 1. The lowest BCUT2D eigenvalue weighted by Gasteiger charge is -2.32. The van der Waals surface area contributed by atoms with E-state index in [4.69, 9.17) is 0 Å². The fraction of sp³-hybridized carbons (Fsp3) is 0.500. The molecule has 0 bridgehead atoms. The summed E-state index contributed by atoms with van der Waals surface area (Å²) in [6.07, 6.45) is 4.02. The van der Waals surface area contributed by atoms with Crippen LogP contribution in [0.2, 0.25) is 0 Å². The van der Waals surface area contributed by atoms with Gasteiger partial charge in [0.15, 0.2) is 0 Å². The van der Waals surface area contributed by atoms with Crippen molar-refractivity contribution in [2.24, 2.45) is 0 Å². The molecule has 1 fully saturated rings. The third kappa shape index (κ3) is 1.99. The Hall–Kier alpha value is -1.84. The molecule has 1 aliphatic carbocycles. The van der Waals surface area contributed by atoms with Crippen LogP contribution in [0.3, 0.4) is 0 Å². The van der Waals surface area contributed by atoms with Crippen molar-refractivity contribution in [3.05, 3.63) is 35.4 Å². The van der Waals surface area contributed by atoms with Crippen LogP contribution in [0.1, 0.15) is 37.3 Å². The summed E-state index contributed by atoms with van der Waals surface area (Å²) < 4.78 is 0. The van der Waals surface area contributed by atoms with Gasteiger partial charge >= 0.3 is 6.03 Å². The minimum absolute atomic E-state index is 0.0366. The summed E-state index contributed by atoms with van der Waals surface area (Å²) in [4.78, 5) is 26.1. The molecule has 1 spiro atoms. The van der Waals surface area contributed by atoms with Crippen molar-refractivity contribution >= 4 is 11.9 Å². The second-order valence-electron chi connectivity index (χ2n) is 5.77. The van der Waals surface area contributed by atoms with E-state index in [0.29, 0.717) is 19.4 Å². The van der Waals surface area contributed by atoms with Gasteiger partial charge in [-0.1, -0.05) is 37.6 Å². The minimum atomic E-state index is -0.695. The van der Waals surface area contributed by atoms with E-state index in [0.717, 1.165) is 19.3 Å². The maximum atomic E-state index is 12.7. The Labute approximate surface area is 119 Å². The quantitative estimate of drug-likeness (QED) is 0.858. The number of carbonyl (C=O) groups excluding carboxylic acids is 2. The zero-order valence-corrected chi connectivity index (χ0v) is 11.8. The molecule has 1 unspecified atom stereocenters. The summed E-state index contributed by atoms with van der Waals surface area (Å²) in [6, 6.07) is 7.97. The molecule has 20 heavy (non-hydrogen) atoms.